The number of fused-ring (bicyclic) bond motifs is 1. The van der Waals surface area contributed by atoms with E-state index in [1.807, 2.05) is 42.5 Å². The maximum atomic E-state index is 6.24. The molecule has 8 heteroatoms. The third-order valence-corrected chi connectivity index (χ3v) is 6.12. The second-order valence-electron chi connectivity index (χ2n) is 9.95. The van der Waals surface area contributed by atoms with E-state index >= 15 is 0 Å². The molecular weight excluding hydrogens is 444 g/mol. The molecule has 0 aliphatic carbocycles. The highest BCUT2D eigenvalue weighted by atomic mass is 16.5. The third-order valence-electron chi connectivity index (χ3n) is 6.12. The highest BCUT2D eigenvalue weighted by Crippen LogP contribution is 2.37. The van der Waals surface area contributed by atoms with Crippen LogP contribution in [0.1, 0.15) is 33.0 Å². The van der Waals surface area contributed by atoms with Gasteiger partial charge in [-0.2, -0.15) is 0 Å². The van der Waals surface area contributed by atoms with E-state index in [1.165, 1.54) is 6.33 Å². The van der Waals surface area contributed by atoms with E-state index in [2.05, 4.69) is 47.8 Å². The Morgan fingerprint density at radius 2 is 1.91 bits per heavy atom. The standard InChI is InChI=1S/C27H30N4O4/c1-27(2,3)25-14-21(30-35-25)17-7-6-8-18(11-17)34-26-20-12-23(32-5)24(13-22(20)28-16-29-26)33-19-9-10-31(4)15-19/h6-8,11-14,16,19H,9-10,15H2,1-5H3. The molecule has 0 amide bonds. The molecule has 1 atom stereocenters. The molecule has 0 N–H and O–H groups in total. The predicted molar refractivity (Wildman–Crippen MR) is 133 cm³/mol. The molecule has 4 aromatic rings. The summed E-state index contributed by atoms with van der Waals surface area (Å²) in [6.45, 7) is 8.18. The van der Waals surface area contributed by atoms with Gasteiger partial charge < -0.3 is 23.6 Å². The molecule has 8 nitrogen and oxygen atoms in total. The van der Waals surface area contributed by atoms with Gasteiger partial charge in [0, 0.05) is 36.2 Å². The highest BCUT2D eigenvalue weighted by molar-refractivity contribution is 5.87. The highest BCUT2D eigenvalue weighted by Gasteiger charge is 2.23. The summed E-state index contributed by atoms with van der Waals surface area (Å²) >= 11 is 0. The van der Waals surface area contributed by atoms with Crippen molar-refractivity contribution in [2.75, 3.05) is 27.2 Å². The van der Waals surface area contributed by atoms with Crippen LogP contribution in [0.4, 0.5) is 0 Å². The summed E-state index contributed by atoms with van der Waals surface area (Å²) in [6, 6.07) is 13.4. The Morgan fingerprint density at radius 3 is 2.63 bits per heavy atom. The van der Waals surface area contributed by atoms with Gasteiger partial charge in [0.05, 0.1) is 18.0 Å². The first kappa shape index (κ1) is 23.1. The summed E-state index contributed by atoms with van der Waals surface area (Å²) in [5.41, 5.74) is 2.26. The number of benzene rings is 2. The number of ether oxygens (including phenoxy) is 3. The average molecular weight is 475 g/mol. The number of likely N-dealkylation sites (tertiary alicyclic amines) is 1. The van der Waals surface area contributed by atoms with Crippen LogP contribution in [-0.2, 0) is 5.41 Å². The second-order valence-corrected chi connectivity index (χ2v) is 9.95. The average Bonchev–Trinajstić information content (AvgIpc) is 3.48. The van der Waals surface area contributed by atoms with Gasteiger partial charge in [0.1, 0.15) is 29.6 Å². The Kier molecular flexibility index (Phi) is 6.06. The van der Waals surface area contributed by atoms with Crippen molar-refractivity contribution in [3.8, 4) is 34.4 Å². The van der Waals surface area contributed by atoms with Gasteiger partial charge in [0.2, 0.25) is 5.88 Å². The molecule has 1 unspecified atom stereocenters. The maximum absolute atomic E-state index is 6.24. The molecular formula is C27H30N4O4. The summed E-state index contributed by atoms with van der Waals surface area (Å²) in [4.78, 5) is 11.1. The normalized spacial score (nSPS) is 16.5. The lowest BCUT2D eigenvalue weighted by Crippen LogP contribution is -2.21. The number of methoxy groups -OCH3 is 1. The van der Waals surface area contributed by atoms with E-state index in [1.54, 1.807) is 7.11 Å². The zero-order valence-corrected chi connectivity index (χ0v) is 20.7. The number of nitrogens with zero attached hydrogens (tertiary/aromatic N) is 4. The van der Waals surface area contributed by atoms with Crippen molar-refractivity contribution >= 4 is 10.9 Å². The Labute approximate surface area is 204 Å². The quantitative estimate of drug-likeness (QED) is 0.364. The topological polar surface area (TPSA) is 82.7 Å². The number of hydrogen-bond donors (Lipinski definition) is 0. The maximum Gasteiger partial charge on any atom is 0.230 e. The minimum atomic E-state index is -0.117. The van der Waals surface area contributed by atoms with Crippen molar-refractivity contribution in [2.24, 2.45) is 0 Å². The van der Waals surface area contributed by atoms with Crippen LogP contribution in [0.5, 0.6) is 23.1 Å². The lowest BCUT2D eigenvalue weighted by molar-refractivity contribution is 0.200. The fourth-order valence-corrected chi connectivity index (χ4v) is 4.14. The molecule has 5 rings (SSSR count). The van der Waals surface area contributed by atoms with Gasteiger partial charge in [-0.15, -0.1) is 0 Å². The summed E-state index contributed by atoms with van der Waals surface area (Å²) < 4.78 is 23.6. The van der Waals surface area contributed by atoms with Gasteiger partial charge in [-0.1, -0.05) is 38.1 Å². The van der Waals surface area contributed by atoms with E-state index in [9.17, 15) is 0 Å². The summed E-state index contributed by atoms with van der Waals surface area (Å²) in [5.74, 6) is 3.20. The molecule has 182 valence electrons. The van der Waals surface area contributed by atoms with E-state index < -0.39 is 0 Å². The number of aromatic nitrogens is 3. The van der Waals surface area contributed by atoms with Crippen molar-refractivity contribution in [1.29, 1.82) is 0 Å². The molecule has 0 bridgehead atoms. The first-order chi connectivity index (χ1) is 16.8. The van der Waals surface area contributed by atoms with Crippen LogP contribution in [0.2, 0.25) is 0 Å². The van der Waals surface area contributed by atoms with E-state index in [0.717, 1.165) is 47.4 Å². The Bertz CT molecular complexity index is 1340. The van der Waals surface area contributed by atoms with Crippen molar-refractivity contribution in [3.05, 3.63) is 54.6 Å². The van der Waals surface area contributed by atoms with Crippen LogP contribution in [0, 0.1) is 0 Å². The van der Waals surface area contributed by atoms with Crippen LogP contribution < -0.4 is 14.2 Å². The number of rotatable bonds is 6. The molecule has 35 heavy (non-hydrogen) atoms. The number of likely N-dealkylation sites (N-methyl/N-ethyl adjacent to an activating group) is 1. The largest absolute Gasteiger partial charge is 0.493 e. The lowest BCUT2D eigenvalue weighted by atomic mass is 9.93. The SMILES string of the molecule is COc1cc2c(Oc3cccc(-c4cc(C(C)(C)C)on4)c3)ncnc2cc1OC1CCN(C)C1. The Balaban J connectivity index is 1.43. The monoisotopic (exact) mass is 474 g/mol. The zero-order chi connectivity index (χ0) is 24.6. The minimum absolute atomic E-state index is 0.117. The molecule has 0 radical (unpaired) electrons. The first-order valence-electron chi connectivity index (χ1n) is 11.7. The first-order valence-corrected chi connectivity index (χ1v) is 11.7. The lowest BCUT2D eigenvalue weighted by Gasteiger charge is -2.17. The Hall–Kier alpha value is -3.65. The van der Waals surface area contributed by atoms with E-state index in [0.29, 0.717) is 23.1 Å². The van der Waals surface area contributed by atoms with Crippen LogP contribution in [-0.4, -0.2) is 53.4 Å². The van der Waals surface area contributed by atoms with Crippen molar-refractivity contribution in [2.45, 2.75) is 38.7 Å². The van der Waals surface area contributed by atoms with Crippen LogP contribution in [0.15, 0.2) is 53.3 Å². The summed E-state index contributed by atoms with van der Waals surface area (Å²) in [7, 11) is 3.73. The van der Waals surface area contributed by atoms with Gasteiger partial charge in [-0.3, -0.25) is 0 Å². The van der Waals surface area contributed by atoms with Crippen molar-refractivity contribution in [3.63, 3.8) is 0 Å². The van der Waals surface area contributed by atoms with Gasteiger partial charge in [0.25, 0.3) is 0 Å². The molecule has 0 saturated carbocycles. The molecule has 2 aromatic heterocycles. The van der Waals surface area contributed by atoms with Crippen molar-refractivity contribution in [1.82, 2.24) is 20.0 Å². The van der Waals surface area contributed by atoms with Gasteiger partial charge >= 0.3 is 0 Å². The van der Waals surface area contributed by atoms with Crippen LogP contribution in [0.25, 0.3) is 22.2 Å². The molecule has 0 spiro atoms. The Morgan fingerprint density at radius 1 is 1.06 bits per heavy atom. The molecule has 1 saturated heterocycles. The number of hydrogen-bond acceptors (Lipinski definition) is 8. The van der Waals surface area contributed by atoms with Gasteiger partial charge in [-0.05, 0) is 31.7 Å². The molecule has 1 aliphatic rings. The zero-order valence-electron chi connectivity index (χ0n) is 20.7. The van der Waals surface area contributed by atoms with Crippen LogP contribution >= 0.6 is 0 Å². The molecule has 1 aliphatic heterocycles. The predicted octanol–water partition coefficient (Wildman–Crippen LogP) is 5.47. The summed E-state index contributed by atoms with van der Waals surface area (Å²) in [6.07, 6.45) is 2.60. The van der Waals surface area contributed by atoms with Gasteiger partial charge in [0.15, 0.2) is 11.5 Å². The molecule has 3 heterocycles. The fourth-order valence-electron chi connectivity index (χ4n) is 4.14. The van der Waals surface area contributed by atoms with E-state index in [4.69, 9.17) is 18.7 Å². The minimum Gasteiger partial charge on any atom is -0.493 e. The summed E-state index contributed by atoms with van der Waals surface area (Å²) in [5, 5.41) is 4.98. The smallest absolute Gasteiger partial charge is 0.230 e. The molecule has 2 aromatic carbocycles. The van der Waals surface area contributed by atoms with E-state index in [-0.39, 0.29) is 11.5 Å². The van der Waals surface area contributed by atoms with Gasteiger partial charge in [-0.25, -0.2) is 9.97 Å². The second kappa shape index (κ2) is 9.19. The van der Waals surface area contributed by atoms with Crippen LogP contribution in [0.3, 0.4) is 0 Å². The third kappa shape index (κ3) is 4.93. The fraction of sp³-hybridized carbons (Fsp3) is 0.370. The molecule has 1 fully saturated rings. The van der Waals surface area contributed by atoms with Crippen molar-refractivity contribution < 1.29 is 18.7 Å².